The summed E-state index contributed by atoms with van der Waals surface area (Å²) in [5, 5.41) is 13.3. The van der Waals surface area contributed by atoms with Crippen LogP contribution >= 0.6 is 0 Å². The molecule has 0 amide bonds. The van der Waals surface area contributed by atoms with Gasteiger partial charge in [-0.05, 0) is 42.2 Å². The Labute approximate surface area is 143 Å². The number of benzene rings is 2. The van der Waals surface area contributed by atoms with E-state index < -0.39 is 0 Å². The Bertz CT molecular complexity index is 669. The molecule has 0 radical (unpaired) electrons. The van der Waals surface area contributed by atoms with Gasteiger partial charge < -0.3 is 19.9 Å². The average Bonchev–Trinajstić information content (AvgIpc) is 2.65. The maximum Gasteiger partial charge on any atom is 0.161 e. The van der Waals surface area contributed by atoms with Crippen molar-refractivity contribution in [2.75, 3.05) is 19.8 Å². The Balaban J connectivity index is 1.72. The van der Waals surface area contributed by atoms with Crippen LogP contribution in [-0.4, -0.2) is 24.9 Å². The first-order chi connectivity index (χ1) is 11.7. The molecule has 2 N–H and O–H groups in total. The summed E-state index contributed by atoms with van der Waals surface area (Å²) >= 11 is 0. The lowest BCUT2D eigenvalue weighted by Gasteiger charge is -2.24. The fourth-order valence-corrected chi connectivity index (χ4v) is 2.97. The first-order valence-electron chi connectivity index (χ1n) is 8.56. The second-order valence-corrected chi connectivity index (χ2v) is 6.12. The minimum atomic E-state index is -0.0980. The predicted molar refractivity (Wildman–Crippen MR) is 94.6 cm³/mol. The number of ether oxygens (including phenoxy) is 2. The maximum absolute atomic E-state index is 9.79. The van der Waals surface area contributed by atoms with Crippen LogP contribution < -0.4 is 14.8 Å². The Kier molecular flexibility index (Phi) is 5.38. The number of aliphatic hydroxyl groups excluding tert-OH is 1. The van der Waals surface area contributed by atoms with E-state index in [-0.39, 0.29) is 18.7 Å². The van der Waals surface area contributed by atoms with E-state index in [1.807, 2.05) is 18.2 Å². The molecule has 1 aliphatic heterocycles. The Morgan fingerprint density at radius 2 is 1.67 bits per heavy atom. The van der Waals surface area contributed by atoms with Crippen molar-refractivity contribution in [2.24, 2.45) is 0 Å². The van der Waals surface area contributed by atoms with E-state index in [9.17, 15) is 5.11 Å². The second kappa shape index (κ2) is 7.69. The van der Waals surface area contributed by atoms with Crippen molar-refractivity contribution >= 4 is 0 Å². The number of rotatable bonds is 6. The summed E-state index contributed by atoms with van der Waals surface area (Å²) in [6, 6.07) is 14.4. The van der Waals surface area contributed by atoms with E-state index in [0.29, 0.717) is 13.2 Å². The van der Waals surface area contributed by atoms with Crippen LogP contribution in [0.15, 0.2) is 42.5 Å². The summed E-state index contributed by atoms with van der Waals surface area (Å²) < 4.78 is 11.2. The van der Waals surface area contributed by atoms with Gasteiger partial charge in [0.2, 0.25) is 0 Å². The van der Waals surface area contributed by atoms with E-state index in [2.05, 4.69) is 43.4 Å². The summed E-state index contributed by atoms with van der Waals surface area (Å²) in [6.45, 7) is 5.47. The molecule has 1 aliphatic rings. The molecule has 2 atom stereocenters. The molecular formula is C20H25NO3. The zero-order valence-electron chi connectivity index (χ0n) is 14.3. The van der Waals surface area contributed by atoms with Crippen LogP contribution in [0.1, 0.15) is 42.6 Å². The highest BCUT2D eigenvalue weighted by Gasteiger charge is 2.18. The van der Waals surface area contributed by atoms with Crippen molar-refractivity contribution < 1.29 is 14.6 Å². The van der Waals surface area contributed by atoms with E-state index in [0.717, 1.165) is 29.0 Å². The molecular weight excluding hydrogens is 302 g/mol. The van der Waals surface area contributed by atoms with Gasteiger partial charge in [0, 0.05) is 6.04 Å². The van der Waals surface area contributed by atoms with Crippen LogP contribution in [0, 0.1) is 0 Å². The molecule has 2 aromatic rings. The SMILES string of the molecule is CCc1ccc(C(CO)NC(C)c2ccc3c(c2)OCCO3)cc1. The van der Waals surface area contributed by atoms with E-state index in [1.165, 1.54) is 5.56 Å². The van der Waals surface area contributed by atoms with Gasteiger partial charge in [0.1, 0.15) is 13.2 Å². The molecule has 24 heavy (non-hydrogen) atoms. The summed E-state index contributed by atoms with van der Waals surface area (Å²) in [5.74, 6) is 1.59. The third kappa shape index (κ3) is 3.71. The molecule has 0 bridgehead atoms. The van der Waals surface area contributed by atoms with Gasteiger partial charge in [0.05, 0.1) is 12.6 Å². The van der Waals surface area contributed by atoms with Gasteiger partial charge in [0.15, 0.2) is 11.5 Å². The van der Waals surface area contributed by atoms with Crippen LogP contribution in [0.4, 0.5) is 0 Å². The zero-order valence-corrected chi connectivity index (χ0v) is 14.3. The van der Waals surface area contributed by atoms with Gasteiger partial charge in [-0.1, -0.05) is 37.3 Å². The molecule has 0 aliphatic carbocycles. The largest absolute Gasteiger partial charge is 0.486 e. The quantitative estimate of drug-likeness (QED) is 0.854. The molecule has 0 spiro atoms. The maximum atomic E-state index is 9.79. The second-order valence-electron chi connectivity index (χ2n) is 6.12. The summed E-state index contributed by atoms with van der Waals surface area (Å²) in [4.78, 5) is 0. The molecule has 4 nitrogen and oxygen atoms in total. The Hall–Kier alpha value is -2.04. The molecule has 0 saturated carbocycles. The van der Waals surface area contributed by atoms with Crippen LogP contribution in [0.3, 0.4) is 0 Å². The number of aliphatic hydroxyl groups is 1. The highest BCUT2D eigenvalue weighted by Crippen LogP contribution is 2.33. The van der Waals surface area contributed by atoms with Crippen molar-refractivity contribution in [3.8, 4) is 11.5 Å². The van der Waals surface area contributed by atoms with Crippen molar-refractivity contribution in [3.05, 3.63) is 59.2 Å². The summed E-state index contributed by atoms with van der Waals surface area (Å²) in [7, 11) is 0. The van der Waals surface area contributed by atoms with E-state index in [4.69, 9.17) is 9.47 Å². The van der Waals surface area contributed by atoms with Gasteiger partial charge in [0.25, 0.3) is 0 Å². The van der Waals surface area contributed by atoms with Gasteiger partial charge in [-0.25, -0.2) is 0 Å². The standard InChI is InChI=1S/C20H25NO3/c1-3-15-4-6-16(7-5-15)18(13-22)21-14(2)17-8-9-19-20(12-17)24-11-10-23-19/h4-9,12,14,18,21-22H,3,10-11,13H2,1-2H3. The topological polar surface area (TPSA) is 50.7 Å². The van der Waals surface area contributed by atoms with E-state index in [1.54, 1.807) is 0 Å². The summed E-state index contributed by atoms with van der Waals surface area (Å²) in [6.07, 6.45) is 1.02. The normalized spacial score (nSPS) is 15.8. The van der Waals surface area contributed by atoms with Crippen molar-refractivity contribution in [3.63, 3.8) is 0 Å². The van der Waals surface area contributed by atoms with E-state index >= 15 is 0 Å². The van der Waals surface area contributed by atoms with Crippen LogP contribution in [0.2, 0.25) is 0 Å². The molecule has 128 valence electrons. The number of fused-ring (bicyclic) bond motifs is 1. The lowest BCUT2D eigenvalue weighted by molar-refractivity contribution is 0.171. The third-order valence-corrected chi connectivity index (χ3v) is 4.49. The molecule has 2 unspecified atom stereocenters. The van der Waals surface area contributed by atoms with Gasteiger partial charge in [-0.3, -0.25) is 0 Å². The summed E-state index contributed by atoms with van der Waals surface area (Å²) in [5.41, 5.74) is 3.51. The van der Waals surface area contributed by atoms with Gasteiger partial charge in [-0.2, -0.15) is 0 Å². The molecule has 2 aromatic carbocycles. The van der Waals surface area contributed by atoms with Crippen LogP contribution in [0.5, 0.6) is 11.5 Å². The highest BCUT2D eigenvalue weighted by atomic mass is 16.6. The molecule has 1 heterocycles. The van der Waals surface area contributed by atoms with Crippen LogP contribution in [-0.2, 0) is 6.42 Å². The van der Waals surface area contributed by atoms with Gasteiger partial charge in [-0.15, -0.1) is 0 Å². The molecule has 0 saturated heterocycles. The fourth-order valence-electron chi connectivity index (χ4n) is 2.97. The van der Waals surface area contributed by atoms with Crippen molar-refractivity contribution in [2.45, 2.75) is 32.4 Å². The number of hydrogen-bond acceptors (Lipinski definition) is 4. The van der Waals surface area contributed by atoms with Gasteiger partial charge >= 0.3 is 0 Å². The molecule has 0 fully saturated rings. The fraction of sp³-hybridized carbons (Fsp3) is 0.400. The third-order valence-electron chi connectivity index (χ3n) is 4.49. The van der Waals surface area contributed by atoms with Crippen molar-refractivity contribution in [1.82, 2.24) is 5.32 Å². The smallest absolute Gasteiger partial charge is 0.161 e. The highest BCUT2D eigenvalue weighted by molar-refractivity contribution is 5.44. The lowest BCUT2D eigenvalue weighted by Crippen LogP contribution is -2.27. The monoisotopic (exact) mass is 327 g/mol. The molecule has 3 rings (SSSR count). The minimum Gasteiger partial charge on any atom is -0.486 e. The number of hydrogen-bond donors (Lipinski definition) is 2. The first-order valence-corrected chi connectivity index (χ1v) is 8.56. The Morgan fingerprint density at radius 1 is 1.00 bits per heavy atom. The predicted octanol–water partition coefficient (Wildman–Crippen LogP) is 3.40. The number of nitrogens with one attached hydrogen (secondary N) is 1. The Morgan fingerprint density at radius 3 is 2.33 bits per heavy atom. The number of aryl methyl sites for hydroxylation is 1. The zero-order chi connectivity index (χ0) is 16.9. The molecule has 0 aromatic heterocycles. The molecule has 4 heteroatoms. The van der Waals surface area contributed by atoms with Crippen molar-refractivity contribution in [1.29, 1.82) is 0 Å². The minimum absolute atomic E-state index is 0.0559. The van der Waals surface area contributed by atoms with Crippen LogP contribution in [0.25, 0.3) is 0 Å². The average molecular weight is 327 g/mol. The first kappa shape index (κ1) is 16.8. The lowest BCUT2D eigenvalue weighted by atomic mass is 10.0.